The summed E-state index contributed by atoms with van der Waals surface area (Å²) in [6, 6.07) is 8.44. The molecule has 0 spiro atoms. The van der Waals surface area contributed by atoms with Crippen molar-refractivity contribution in [3.63, 3.8) is 0 Å². The summed E-state index contributed by atoms with van der Waals surface area (Å²) in [7, 11) is 0. The molecule has 152 valence electrons. The van der Waals surface area contributed by atoms with Gasteiger partial charge < -0.3 is 15.2 Å². The molecule has 2 N–H and O–H groups in total. The van der Waals surface area contributed by atoms with Crippen LogP contribution < -0.4 is 5.32 Å². The molecule has 8 heteroatoms. The molecule has 1 atom stereocenters. The van der Waals surface area contributed by atoms with Crippen molar-refractivity contribution in [3.8, 4) is 0 Å². The molecule has 0 aliphatic heterocycles. The number of hydrogen-bond acceptors (Lipinski definition) is 3. The number of carbonyl (C=O) groups is 2. The first-order chi connectivity index (χ1) is 13.9. The van der Waals surface area contributed by atoms with Gasteiger partial charge in [-0.15, -0.1) is 0 Å². The third-order valence-electron chi connectivity index (χ3n) is 4.75. The van der Waals surface area contributed by atoms with Gasteiger partial charge >= 0.3 is 0 Å². The number of pyridine rings is 1. The van der Waals surface area contributed by atoms with Crippen LogP contribution in [0.3, 0.4) is 0 Å². The molecular formula is C21H22ClFN4O2. The number of hydrogen-bond donors (Lipinski definition) is 2. The fraction of sp³-hybridized carbons (Fsp3) is 0.286. The molecule has 29 heavy (non-hydrogen) atoms. The average molecular weight is 417 g/mol. The van der Waals surface area contributed by atoms with Crippen LogP contribution in [-0.2, 0) is 11.2 Å². The van der Waals surface area contributed by atoms with E-state index in [-0.39, 0.29) is 18.1 Å². The van der Waals surface area contributed by atoms with E-state index in [1.165, 1.54) is 12.1 Å². The average Bonchev–Trinajstić information content (AvgIpc) is 3.13. The Kier molecular flexibility index (Phi) is 6.49. The van der Waals surface area contributed by atoms with E-state index in [4.69, 9.17) is 11.6 Å². The minimum Gasteiger partial charge on any atom is -0.349 e. The Bertz CT molecular complexity index is 1020. The Hall–Kier alpha value is -2.93. The number of H-pyrrole nitrogens is 1. The van der Waals surface area contributed by atoms with Gasteiger partial charge in [0.25, 0.3) is 5.91 Å². The quantitative estimate of drug-likeness (QED) is 0.578. The van der Waals surface area contributed by atoms with E-state index < -0.39 is 11.9 Å². The van der Waals surface area contributed by atoms with Crippen molar-refractivity contribution >= 4 is 34.3 Å². The summed E-state index contributed by atoms with van der Waals surface area (Å²) in [4.78, 5) is 34.4. The third-order valence-corrected chi connectivity index (χ3v) is 4.95. The Morgan fingerprint density at radius 1 is 1.21 bits per heavy atom. The highest BCUT2D eigenvalue weighted by atomic mass is 35.5. The van der Waals surface area contributed by atoms with Crippen LogP contribution in [0, 0.1) is 5.82 Å². The fourth-order valence-corrected chi connectivity index (χ4v) is 3.34. The van der Waals surface area contributed by atoms with Crippen molar-refractivity contribution in [2.24, 2.45) is 0 Å². The lowest BCUT2D eigenvalue weighted by Crippen LogP contribution is -2.49. The lowest BCUT2D eigenvalue weighted by atomic mass is 10.0. The number of amides is 2. The maximum atomic E-state index is 13.2. The minimum atomic E-state index is -0.777. The molecule has 0 radical (unpaired) electrons. The smallest absolute Gasteiger partial charge is 0.268 e. The lowest BCUT2D eigenvalue weighted by Gasteiger charge is -2.26. The predicted octanol–water partition coefficient (Wildman–Crippen LogP) is 3.56. The van der Waals surface area contributed by atoms with Gasteiger partial charge in [-0.2, -0.15) is 0 Å². The largest absolute Gasteiger partial charge is 0.349 e. The molecule has 1 aromatic carbocycles. The Morgan fingerprint density at radius 2 is 1.90 bits per heavy atom. The van der Waals surface area contributed by atoms with E-state index >= 15 is 0 Å². The Labute approximate surface area is 173 Å². The minimum absolute atomic E-state index is 0.187. The highest BCUT2D eigenvalue weighted by Crippen LogP contribution is 2.18. The molecular weight excluding hydrogens is 395 g/mol. The standard InChI is InChI=1S/C21H22ClFN4O2/c1-3-27(4-2)21(29)17(9-13-5-7-15(23)8-6-13)26-20(28)16-10-14-11-19(22)24-12-18(14)25-16/h5-8,10-12,17,25H,3-4,9H2,1-2H3,(H,26,28)/t17-/m0/s1. The fourth-order valence-electron chi connectivity index (χ4n) is 3.17. The summed E-state index contributed by atoms with van der Waals surface area (Å²) < 4.78 is 13.2. The summed E-state index contributed by atoms with van der Waals surface area (Å²) in [5, 5.41) is 3.89. The second kappa shape index (κ2) is 9.05. The normalized spacial score (nSPS) is 12.0. The van der Waals surface area contributed by atoms with Gasteiger partial charge in [-0.25, -0.2) is 9.37 Å². The molecule has 3 rings (SSSR count). The van der Waals surface area contributed by atoms with Gasteiger partial charge in [0.1, 0.15) is 22.7 Å². The number of halogens is 2. The Balaban J connectivity index is 1.84. The molecule has 2 amide bonds. The van der Waals surface area contributed by atoms with Gasteiger partial charge in [-0.3, -0.25) is 9.59 Å². The van der Waals surface area contributed by atoms with Crippen LogP contribution >= 0.6 is 11.6 Å². The molecule has 0 bridgehead atoms. The van der Waals surface area contributed by atoms with E-state index in [9.17, 15) is 14.0 Å². The molecule has 2 heterocycles. The van der Waals surface area contributed by atoms with Crippen molar-refractivity contribution in [2.45, 2.75) is 26.3 Å². The number of likely N-dealkylation sites (N-methyl/N-ethyl adjacent to an activating group) is 1. The maximum Gasteiger partial charge on any atom is 0.268 e. The van der Waals surface area contributed by atoms with Crippen LogP contribution in [0.5, 0.6) is 0 Å². The topological polar surface area (TPSA) is 78.1 Å². The number of nitrogens with zero attached hydrogens (tertiary/aromatic N) is 2. The van der Waals surface area contributed by atoms with Crippen molar-refractivity contribution in [2.75, 3.05) is 13.1 Å². The Morgan fingerprint density at radius 3 is 2.55 bits per heavy atom. The lowest BCUT2D eigenvalue weighted by molar-refractivity contribution is -0.132. The highest BCUT2D eigenvalue weighted by Gasteiger charge is 2.26. The number of aromatic nitrogens is 2. The second-order valence-corrected chi connectivity index (χ2v) is 7.03. The van der Waals surface area contributed by atoms with E-state index in [2.05, 4.69) is 15.3 Å². The number of benzene rings is 1. The van der Waals surface area contributed by atoms with Crippen LogP contribution in [-0.4, -0.2) is 45.8 Å². The number of fused-ring (bicyclic) bond motifs is 1. The second-order valence-electron chi connectivity index (χ2n) is 6.64. The van der Waals surface area contributed by atoms with Crippen molar-refractivity contribution in [1.82, 2.24) is 20.2 Å². The SMILES string of the molecule is CCN(CC)C(=O)[C@H](Cc1ccc(F)cc1)NC(=O)c1cc2cc(Cl)ncc2[nH]1. The zero-order valence-electron chi connectivity index (χ0n) is 16.2. The molecule has 0 saturated carbocycles. The van der Waals surface area contributed by atoms with Gasteiger partial charge in [-0.05, 0) is 43.7 Å². The maximum absolute atomic E-state index is 13.2. The van der Waals surface area contributed by atoms with E-state index in [0.29, 0.717) is 29.5 Å². The molecule has 0 unspecified atom stereocenters. The van der Waals surface area contributed by atoms with Crippen LogP contribution in [0.25, 0.3) is 10.9 Å². The monoisotopic (exact) mass is 416 g/mol. The molecule has 6 nitrogen and oxygen atoms in total. The summed E-state index contributed by atoms with van der Waals surface area (Å²) in [6.45, 7) is 4.82. The molecule has 0 aliphatic carbocycles. The predicted molar refractivity (Wildman–Crippen MR) is 110 cm³/mol. The van der Waals surface area contributed by atoms with Crippen LogP contribution in [0.15, 0.2) is 42.6 Å². The zero-order valence-corrected chi connectivity index (χ0v) is 17.0. The first-order valence-electron chi connectivity index (χ1n) is 9.39. The van der Waals surface area contributed by atoms with E-state index in [0.717, 1.165) is 10.9 Å². The first-order valence-corrected chi connectivity index (χ1v) is 9.77. The zero-order chi connectivity index (χ0) is 21.0. The van der Waals surface area contributed by atoms with Crippen LogP contribution in [0.2, 0.25) is 5.15 Å². The third kappa shape index (κ3) is 4.92. The van der Waals surface area contributed by atoms with Gasteiger partial charge in [0, 0.05) is 24.9 Å². The number of nitrogens with one attached hydrogen (secondary N) is 2. The molecule has 3 aromatic rings. The van der Waals surface area contributed by atoms with E-state index in [1.807, 2.05) is 13.8 Å². The van der Waals surface area contributed by atoms with Gasteiger partial charge in [0.05, 0.1) is 11.7 Å². The van der Waals surface area contributed by atoms with Gasteiger partial charge in [0.2, 0.25) is 5.91 Å². The van der Waals surface area contributed by atoms with Gasteiger partial charge in [-0.1, -0.05) is 23.7 Å². The van der Waals surface area contributed by atoms with Crippen molar-refractivity contribution in [1.29, 1.82) is 0 Å². The van der Waals surface area contributed by atoms with Crippen LogP contribution in [0.4, 0.5) is 4.39 Å². The molecule has 0 aliphatic rings. The summed E-state index contributed by atoms with van der Waals surface area (Å²) in [5.74, 6) is -0.951. The molecule has 0 fully saturated rings. The number of carbonyl (C=O) groups excluding carboxylic acids is 2. The van der Waals surface area contributed by atoms with Crippen molar-refractivity contribution < 1.29 is 14.0 Å². The van der Waals surface area contributed by atoms with E-state index in [1.54, 1.807) is 35.4 Å². The van der Waals surface area contributed by atoms with Gasteiger partial charge in [0.15, 0.2) is 0 Å². The number of aromatic amines is 1. The molecule has 2 aromatic heterocycles. The first kappa shape index (κ1) is 20.8. The summed E-state index contributed by atoms with van der Waals surface area (Å²) >= 11 is 5.90. The molecule has 0 saturated heterocycles. The van der Waals surface area contributed by atoms with Crippen molar-refractivity contribution in [3.05, 3.63) is 64.8 Å². The van der Waals surface area contributed by atoms with Crippen LogP contribution in [0.1, 0.15) is 29.9 Å². The highest BCUT2D eigenvalue weighted by molar-refractivity contribution is 6.30. The summed E-state index contributed by atoms with van der Waals surface area (Å²) in [5.41, 5.74) is 1.73. The summed E-state index contributed by atoms with van der Waals surface area (Å²) in [6.07, 6.45) is 1.81. The number of rotatable bonds is 7.